The van der Waals surface area contributed by atoms with Gasteiger partial charge in [0, 0.05) is 54.9 Å². The van der Waals surface area contributed by atoms with Crippen molar-refractivity contribution in [2.24, 2.45) is 0 Å². The highest BCUT2D eigenvalue weighted by Gasteiger charge is 2.45. The summed E-state index contributed by atoms with van der Waals surface area (Å²) in [6.45, 7) is 6.90. The molecule has 0 bridgehead atoms. The van der Waals surface area contributed by atoms with E-state index in [-0.39, 0.29) is 12.3 Å². The van der Waals surface area contributed by atoms with Crippen molar-refractivity contribution in [2.45, 2.75) is 26.2 Å². The van der Waals surface area contributed by atoms with Crippen molar-refractivity contribution in [3.8, 4) is 22.5 Å². The second kappa shape index (κ2) is 11.2. The molecule has 4 heterocycles. The molecule has 0 N–H and O–H groups in total. The number of para-hydroxylation sites is 5. The number of hydrogen-bond donors (Lipinski definition) is 0. The maximum Gasteiger partial charge on any atom is 0.333 e. The lowest BCUT2D eigenvalue weighted by molar-refractivity contribution is 0.591. The Bertz CT molecular complexity index is 3750. The summed E-state index contributed by atoms with van der Waals surface area (Å²) in [5.41, 5.74) is 16.6. The van der Waals surface area contributed by atoms with Crippen LogP contribution in [0.3, 0.4) is 0 Å². The van der Waals surface area contributed by atoms with Crippen molar-refractivity contribution in [1.82, 2.24) is 9.13 Å². The predicted molar refractivity (Wildman–Crippen MR) is 257 cm³/mol. The summed E-state index contributed by atoms with van der Waals surface area (Å²) < 4.78 is 5.04. The quantitative estimate of drug-likeness (QED) is 0.126. The van der Waals surface area contributed by atoms with Crippen LogP contribution < -0.4 is 15.7 Å². The number of anilines is 2. The average Bonchev–Trinajstić information content (AvgIpc) is 3.80. The Balaban J connectivity index is 1.10. The van der Waals surface area contributed by atoms with Crippen LogP contribution in [0.15, 0.2) is 176 Å². The predicted octanol–water partition coefficient (Wildman–Crippen LogP) is 13.3. The third-order valence-corrected chi connectivity index (χ3v) is 13.9. The molecule has 0 unspecified atom stereocenters. The van der Waals surface area contributed by atoms with E-state index in [9.17, 15) is 0 Å². The lowest BCUT2D eigenvalue weighted by atomic mass is 9.43. The van der Waals surface area contributed by atoms with Crippen molar-refractivity contribution < 1.29 is 0 Å². The first kappa shape index (κ1) is 32.6. The zero-order chi connectivity index (χ0) is 39.6. The first-order valence-electron chi connectivity index (χ1n) is 21.2. The summed E-state index contributed by atoms with van der Waals surface area (Å²) in [5, 5.41) is 13.1. The zero-order valence-electron chi connectivity index (χ0n) is 33.7. The van der Waals surface area contributed by atoms with Gasteiger partial charge in [0.1, 0.15) is 0 Å². The smallest absolute Gasteiger partial charge is 0.333 e. The third-order valence-electron chi connectivity index (χ3n) is 13.9. The first-order valence-corrected chi connectivity index (χ1v) is 21.2. The van der Waals surface area contributed by atoms with Crippen molar-refractivity contribution in [2.75, 3.05) is 4.81 Å². The second-order valence-electron chi connectivity index (χ2n) is 18.1. The van der Waals surface area contributed by atoms with Crippen LogP contribution in [0.5, 0.6) is 0 Å². The van der Waals surface area contributed by atoms with E-state index in [2.05, 4.69) is 211 Å². The highest BCUT2D eigenvalue weighted by molar-refractivity contribution is 6.94. The lowest BCUT2D eigenvalue weighted by Crippen LogP contribution is -2.60. The SMILES string of the molecule is CC(C)(C)c1cc2ccc3c4c5c(c6ccc(c1)c2c36)-n1c2ccccc2c2cccc(c21)B5N(c1ccc(-n2c3ccccc3c3ccccc32)cc1)c1ccccc1-4. The van der Waals surface area contributed by atoms with E-state index in [1.807, 2.05) is 0 Å². The van der Waals surface area contributed by atoms with Crippen LogP contribution >= 0.6 is 0 Å². The molecule has 0 fully saturated rings. The van der Waals surface area contributed by atoms with Gasteiger partial charge in [-0.3, -0.25) is 0 Å². The molecule has 2 aromatic heterocycles. The average molecular weight is 764 g/mol. The van der Waals surface area contributed by atoms with E-state index in [1.54, 1.807) is 0 Å². The first-order chi connectivity index (χ1) is 29.4. The third kappa shape index (κ3) is 4.01. The van der Waals surface area contributed by atoms with Crippen molar-refractivity contribution in [1.29, 1.82) is 0 Å². The number of aromatic nitrogens is 2. The molecule has 10 aromatic carbocycles. The minimum absolute atomic E-state index is 0.0479. The van der Waals surface area contributed by atoms with Crippen LogP contribution in [0, 0.1) is 0 Å². The molecule has 3 nitrogen and oxygen atoms in total. The maximum absolute atomic E-state index is 2.64. The molecule has 0 saturated heterocycles. The monoisotopic (exact) mass is 763 g/mol. The van der Waals surface area contributed by atoms with Crippen molar-refractivity contribution in [3.05, 3.63) is 181 Å². The molecule has 14 rings (SSSR count). The Morgan fingerprint density at radius 2 is 1.02 bits per heavy atom. The van der Waals surface area contributed by atoms with Gasteiger partial charge in [0.2, 0.25) is 0 Å². The van der Waals surface area contributed by atoms with Crippen molar-refractivity contribution in [3.63, 3.8) is 0 Å². The zero-order valence-corrected chi connectivity index (χ0v) is 33.7. The molecule has 0 aliphatic carbocycles. The number of hydrogen-bond acceptors (Lipinski definition) is 1. The van der Waals surface area contributed by atoms with Gasteiger partial charge >= 0.3 is 6.85 Å². The molecule has 60 heavy (non-hydrogen) atoms. The fraction of sp³-hybridized carbons (Fsp3) is 0.0714. The fourth-order valence-electron chi connectivity index (χ4n) is 11.4. The van der Waals surface area contributed by atoms with Crippen LogP contribution in [-0.4, -0.2) is 16.0 Å². The van der Waals surface area contributed by atoms with Crippen LogP contribution in [0.4, 0.5) is 11.4 Å². The second-order valence-corrected chi connectivity index (χ2v) is 18.1. The summed E-state index contributed by atoms with van der Waals surface area (Å²) in [6.07, 6.45) is 0. The minimum atomic E-state index is -0.0566. The molecule has 0 atom stereocenters. The normalized spacial score (nSPS) is 13.5. The molecule has 0 spiro atoms. The van der Waals surface area contributed by atoms with Crippen LogP contribution in [0.25, 0.3) is 98.4 Å². The van der Waals surface area contributed by atoms with Gasteiger partial charge in [0.25, 0.3) is 0 Å². The topological polar surface area (TPSA) is 13.1 Å². The lowest BCUT2D eigenvalue weighted by Gasteiger charge is -2.43. The number of fused-ring (bicyclic) bond motifs is 12. The Kier molecular flexibility index (Phi) is 6.12. The molecule has 0 saturated carbocycles. The standard InChI is InChI=1S/C56H38BN3/c1-56(2,3)35-31-33-23-29-43-51-44(30-24-34(32-35)50(33)51)55-53-52(43)42-16-7-11-22-49(42)60(57(53)45-18-12-17-41-40-15-6-10-21-48(40)59(55)54(41)45)37-27-25-36(26-28-37)58-46-19-8-4-13-38(46)39-14-5-9-20-47(39)58/h4-32H,1-3H3. The van der Waals surface area contributed by atoms with Gasteiger partial charge in [0.15, 0.2) is 0 Å². The van der Waals surface area contributed by atoms with Gasteiger partial charge < -0.3 is 13.9 Å². The van der Waals surface area contributed by atoms with Gasteiger partial charge in [-0.2, -0.15) is 0 Å². The highest BCUT2D eigenvalue weighted by Crippen LogP contribution is 2.50. The number of nitrogens with zero attached hydrogens (tertiary/aromatic N) is 3. The van der Waals surface area contributed by atoms with Gasteiger partial charge in [-0.1, -0.05) is 148 Å². The Morgan fingerprint density at radius 1 is 0.450 bits per heavy atom. The number of benzene rings is 10. The molecule has 0 amide bonds. The van der Waals surface area contributed by atoms with E-state index in [0.717, 1.165) is 5.69 Å². The van der Waals surface area contributed by atoms with Crippen LogP contribution in [0.1, 0.15) is 26.3 Å². The summed E-state index contributed by atoms with van der Waals surface area (Å²) in [5.74, 6) is 0. The highest BCUT2D eigenvalue weighted by atomic mass is 15.1. The molecular formula is C56H38BN3. The molecule has 12 aromatic rings. The maximum atomic E-state index is 2.64. The van der Waals surface area contributed by atoms with E-state index in [0.29, 0.717) is 0 Å². The van der Waals surface area contributed by atoms with Gasteiger partial charge in [-0.05, 0) is 97.5 Å². The van der Waals surface area contributed by atoms with Gasteiger partial charge in [-0.15, -0.1) is 0 Å². The largest absolute Gasteiger partial charge is 0.376 e. The molecule has 280 valence electrons. The molecule has 2 aliphatic heterocycles. The summed E-state index contributed by atoms with van der Waals surface area (Å²) in [6, 6.07) is 66.6. The summed E-state index contributed by atoms with van der Waals surface area (Å²) in [4.78, 5) is 2.64. The van der Waals surface area contributed by atoms with E-state index >= 15 is 0 Å². The fourth-order valence-corrected chi connectivity index (χ4v) is 11.4. The van der Waals surface area contributed by atoms with Crippen LogP contribution in [-0.2, 0) is 5.41 Å². The molecule has 2 aliphatic rings. The van der Waals surface area contributed by atoms with E-state index < -0.39 is 0 Å². The molecular weight excluding hydrogens is 725 g/mol. The Morgan fingerprint density at radius 3 is 1.70 bits per heavy atom. The van der Waals surface area contributed by atoms with Crippen LogP contribution in [0.2, 0.25) is 0 Å². The number of rotatable bonds is 2. The van der Waals surface area contributed by atoms with Gasteiger partial charge in [0.05, 0.1) is 27.8 Å². The minimum Gasteiger partial charge on any atom is -0.376 e. The van der Waals surface area contributed by atoms with E-state index in [1.165, 1.54) is 121 Å². The summed E-state index contributed by atoms with van der Waals surface area (Å²) in [7, 11) is 0. The Labute approximate surface area is 347 Å². The Hall–Kier alpha value is -7.30. The van der Waals surface area contributed by atoms with E-state index in [4.69, 9.17) is 0 Å². The summed E-state index contributed by atoms with van der Waals surface area (Å²) >= 11 is 0. The molecule has 4 heteroatoms. The molecule has 0 radical (unpaired) electrons. The van der Waals surface area contributed by atoms with Gasteiger partial charge in [-0.25, -0.2) is 0 Å². The van der Waals surface area contributed by atoms with Crippen molar-refractivity contribution >= 4 is 105 Å².